The first-order valence-corrected chi connectivity index (χ1v) is 9.47. The molecule has 4 nitrogen and oxygen atoms in total. The number of carbonyl (C=O) groups excluding carboxylic acids is 1. The van der Waals surface area contributed by atoms with Crippen LogP contribution in [0.15, 0.2) is 60.8 Å². The summed E-state index contributed by atoms with van der Waals surface area (Å²) in [5, 5.41) is 2.24. The van der Waals surface area contributed by atoms with E-state index in [2.05, 4.69) is 54.4 Å². The molecule has 0 saturated heterocycles. The van der Waals surface area contributed by atoms with Crippen LogP contribution in [-0.4, -0.2) is 34.9 Å². The maximum absolute atomic E-state index is 11.9. The van der Waals surface area contributed by atoms with Gasteiger partial charge < -0.3 is 4.90 Å². The van der Waals surface area contributed by atoms with Crippen molar-refractivity contribution >= 4 is 27.7 Å². The van der Waals surface area contributed by atoms with Crippen molar-refractivity contribution < 1.29 is 4.79 Å². The third kappa shape index (κ3) is 3.46. The van der Waals surface area contributed by atoms with Gasteiger partial charge in [0.25, 0.3) is 0 Å². The Labute approximate surface area is 164 Å². The molecule has 2 heterocycles. The fourth-order valence-corrected chi connectivity index (χ4v) is 3.52. The Balaban J connectivity index is 1.73. The van der Waals surface area contributed by atoms with E-state index >= 15 is 0 Å². The number of aryl methyl sites for hydroxylation is 2. The Hall–Kier alpha value is -3.27. The molecule has 0 aliphatic rings. The number of pyridine rings is 2. The van der Waals surface area contributed by atoms with Crippen molar-refractivity contribution in [2.75, 3.05) is 14.1 Å². The molecular formula is C24H23N3O. The van der Waals surface area contributed by atoms with Crippen molar-refractivity contribution in [2.45, 2.75) is 19.8 Å². The molecule has 0 aliphatic carbocycles. The van der Waals surface area contributed by atoms with E-state index in [-0.39, 0.29) is 5.91 Å². The Kier molecular flexibility index (Phi) is 4.78. The molecule has 140 valence electrons. The number of nitrogens with zero attached hydrogens (tertiary/aromatic N) is 3. The van der Waals surface area contributed by atoms with Crippen LogP contribution in [0.1, 0.15) is 17.5 Å². The number of fused-ring (bicyclic) bond motifs is 2. The van der Waals surface area contributed by atoms with E-state index < -0.39 is 0 Å². The molecule has 0 spiro atoms. The van der Waals surface area contributed by atoms with Gasteiger partial charge in [0.2, 0.25) is 5.91 Å². The van der Waals surface area contributed by atoms with Gasteiger partial charge in [-0.05, 0) is 48.7 Å². The molecule has 0 N–H and O–H groups in total. The summed E-state index contributed by atoms with van der Waals surface area (Å²) in [5.74, 6) is 0.147. The lowest BCUT2D eigenvalue weighted by Gasteiger charge is -2.12. The second kappa shape index (κ2) is 7.39. The molecule has 0 bridgehead atoms. The summed E-state index contributed by atoms with van der Waals surface area (Å²) >= 11 is 0. The van der Waals surface area contributed by atoms with Crippen molar-refractivity contribution in [2.24, 2.45) is 0 Å². The standard InChI is InChI=1S/C24H23N3O/c1-16-14-22(19-8-4-6-18-7-5-13-25-24(18)19)26-21-11-9-17(15-20(16)21)10-12-23(28)27(2)3/h4-9,11,13-15H,10,12H2,1-3H3. The Morgan fingerprint density at radius 1 is 1.04 bits per heavy atom. The number of para-hydroxylation sites is 1. The molecule has 28 heavy (non-hydrogen) atoms. The van der Waals surface area contributed by atoms with Gasteiger partial charge in [0.1, 0.15) is 0 Å². The van der Waals surface area contributed by atoms with Gasteiger partial charge in [0, 0.05) is 43.0 Å². The van der Waals surface area contributed by atoms with Crippen LogP contribution in [0.25, 0.3) is 33.1 Å². The Morgan fingerprint density at radius 3 is 2.68 bits per heavy atom. The zero-order chi connectivity index (χ0) is 19.7. The zero-order valence-corrected chi connectivity index (χ0v) is 16.4. The molecule has 2 aromatic carbocycles. The number of rotatable bonds is 4. The largest absolute Gasteiger partial charge is 0.349 e. The van der Waals surface area contributed by atoms with E-state index in [4.69, 9.17) is 4.98 Å². The fourth-order valence-electron chi connectivity index (χ4n) is 3.52. The van der Waals surface area contributed by atoms with E-state index in [0.29, 0.717) is 6.42 Å². The van der Waals surface area contributed by atoms with Crippen molar-refractivity contribution in [3.63, 3.8) is 0 Å². The van der Waals surface area contributed by atoms with Crippen LogP contribution in [0.3, 0.4) is 0 Å². The summed E-state index contributed by atoms with van der Waals surface area (Å²) in [6.45, 7) is 2.11. The first-order chi connectivity index (χ1) is 13.5. The highest BCUT2D eigenvalue weighted by molar-refractivity contribution is 5.94. The van der Waals surface area contributed by atoms with Crippen LogP contribution >= 0.6 is 0 Å². The number of hydrogen-bond acceptors (Lipinski definition) is 3. The maximum atomic E-state index is 11.9. The van der Waals surface area contributed by atoms with Crippen LogP contribution < -0.4 is 0 Å². The molecule has 0 fully saturated rings. The number of carbonyl (C=O) groups is 1. The van der Waals surface area contributed by atoms with Gasteiger partial charge in [-0.3, -0.25) is 9.78 Å². The average molecular weight is 369 g/mol. The van der Waals surface area contributed by atoms with Crippen LogP contribution in [0.5, 0.6) is 0 Å². The second-order valence-corrected chi connectivity index (χ2v) is 7.34. The fraction of sp³-hybridized carbons (Fsp3) is 0.208. The summed E-state index contributed by atoms with van der Waals surface area (Å²) in [7, 11) is 3.58. The van der Waals surface area contributed by atoms with Gasteiger partial charge in [-0.15, -0.1) is 0 Å². The molecule has 0 atom stereocenters. The molecule has 2 aromatic heterocycles. The predicted octanol–water partition coefficient (Wildman–Crippen LogP) is 4.78. The van der Waals surface area contributed by atoms with Gasteiger partial charge in [-0.2, -0.15) is 0 Å². The van der Waals surface area contributed by atoms with Gasteiger partial charge in [0.05, 0.1) is 16.7 Å². The lowest BCUT2D eigenvalue weighted by molar-refractivity contribution is -0.128. The molecule has 4 heteroatoms. The maximum Gasteiger partial charge on any atom is 0.222 e. The first kappa shape index (κ1) is 18.1. The molecular weight excluding hydrogens is 346 g/mol. The van der Waals surface area contributed by atoms with Crippen LogP contribution in [0.2, 0.25) is 0 Å². The van der Waals surface area contributed by atoms with Crippen molar-refractivity contribution in [3.05, 3.63) is 71.9 Å². The zero-order valence-electron chi connectivity index (χ0n) is 16.4. The van der Waals surface area contributed by atoms with Crippen LogP contribution in [0.4, 0.5) is 0 Å². The smallest absolute Gasteiger partial charge is 0.222 e. The van der Waals surface area contributed by atoms with Crippen molar-refractivity contribution in [1.29, 1.82) is 0 Å². The van der Waals surface area contributed by atoms with Gasteiger partial charge in [-0.1, -0.05) is 30.3 Å². The van der Waals surface area contributed by atoms with Gasteiger partial charge >= 0.3 is 0 Å². The highest BCUT2D eigenvalue weighted by Crippen LogP contribution is 2.29. The number of hydrogen-bond donors (Lipinski definition) is 0. The summed E-state index contributed by atoms with van der Waals surface area (Å²) in [6.07, 6.45) is 3.08. The monoisotopic (exact) mass is 369 g/mol. The highest BCUT2D eigenvalue weighted by Gasteiger charge is 2.10. The van der Waals surface area contributed by atoms with E-state index in [1.807, 2.05) is 18.3 Å². The molecule has 4 rings (SSSR count). The summed E-state index contributed by atoms with van der Waals surface area (Å²) < 4.78 is 0. The van der Waals surface area contributed by atoms with Crippen LogP contribution in [-0.2, 0) is 11.2 Å². The molecule has 0 saturated carbocycles. The minimum Gasteiger partial charge on any atom is -0.349 e. The average Bonchev–Trinajstić information content (AvgIpc) is 2.71. The minimum atomic E-state index is 0.147. The van der Waals surface area contributed by atoms with E-state index in [1.54, 1.807) is 19.0 Å². The summed E-state index contributed by atoms with van der Waals surface area (Å²) in [6, 6.07) is 18.6. The quantitative estimate of drug-likeness (QED) is 0.520. The SMILES string of the molecule is Cc1cc(-c2cccc3cccnc23)nc2ccc(CCC(=O)N(C)C)cc12. The van der Waals surface area contributed by atoms with Gasteiger partial charge in [-0.25, -0.2) is 4.98 Å². The third-order valence-corrected chi connectivity index (χ3v) is 5.11. The Bertz CT molecular complexity index is 1180. The predicted molar refractivity (Wildman–Crippen MR) is 114 cm³/mol. The third-order valence-electron chi connectivity index (χ3n) is 5.11. The lowest BCUT2D eigenvalue weighted by Crippen LogP contribution is -2.21. The summed E-state index contributed by atoms with van der Waals surface area (Å²) in [4.78, 5) is 23.0. The highest BCUT2D eigenvalue weighted by atomic mass is 16.2. The topological polar surface area (TPSA) is 46.1 Å². The Morgan fingerprint density at radius 2 is 1.86 bits per heavy atom. The van der Waals surface area contributed by atoms with E-state index in [1.165, 1.54) is 5.56 Å². The molecule has 1 amide bonds. The summed E-state index contributed by atoms with van der Waals surface area (Å²) in [5.41, 5.74) is 6.25. The number of aromatic nitrogens is 2. The van der Waals surface area contributed by atoms with Crippen LogP contribution in [0, 0.1) is 6.92 Å². The molecule has 0 unspecified atom stereocenters. The van der Waals surface area contributed by atoms with Crippen molar-refractivity contribution in [1.82, 2.24) is 14.9 Å². The normalized spacial score (nSPS) is 11.1. The first-order valence-electron chi connectivity index (χ1n) is 9.47. The van der Waals surface area contributed by atoms with Crippen molar-refractivity contribution in [3.8, 4) is 11.3 Å². The minimum absolute atomic E-state index is 0.147. The number of amides is 1. The number of benzene rings is 2. The molecule has 0 aliphatic heterocycles. The van der Waals surface area contributed by atoms with Gasteiger partial charge in [0.15, 0.2) is 0 Å². The molecule has 4 aromatic rings. The van der Waals surface area contributed by atoms with E-state index in [9.17, 15) is 4.79 Å². The van der Waals surface area contributed by atoms with E-state index in [0.717, 1.165) is 45.0 Å². The molecule has 0 radical (unpaired) electrons. The second-order valence-electron chi connectivity index (χ2n) is 7.34. The lowest BCUT2D eigenvalue weighted by atomic mass is 10.00.